The normalized spacial score (nSPS) is 9.16. The molecule has 774 valence electrons. The molecule has 15 aromatic rings. The highest BCUT2D eigenvalue weighted by molar-refractivity contribution is 5.97. The van der Waals surface area contributed by atoms with E-state index in [0.29, 0.717) is 68.1 Å². The first-order valence-electron chi connectivity index (χ1n) is 43.4. The van der Waals surface area contributed by atoms with E-state index < -0.39 is 29.8 Å². The van der Waals surface area contributed by atoms with E-state index in [0.717, 1.165) is 16.9 Å². The average Bonchev–Trinajstić information content (AvgIpc) is 0.868. The largest absolute Gasteiger partial charge is 0.508 e. The van der Waals surface area contributed by atoms with E-state index in [-0.39, 0.29) is 104 Å². The van der Waals surface area contributed by atoms with Crippen LogP contribution in [-0.4, -0.2) is 172 Å². The molecule has 0 amide bonds. The Kier molecular flexibility index (Phi) is 61.4. The van der Waals surface area contributed by atoms with Crippen molar-refractivity contribution in [3.8, 4) is 121 Å². The van der Waals surface area contributed by atoms with Gasteiger partial charge >= 0.3 is 35.8 Å². The molecule has 0 saturated carbocycles. The van der Waals surface area contributed by atoms with Gasteiger partial charge < -0.3 is 119 Å². The number of ether oxygens (including phenoxy) is 9. The smallest absolute Gasteiger partial charge is 0.341 e. The van der Waals surface area contributed by atoms with Crippen LogP contribution in [0.15, 0.2) is 364 Å². The van der Waals surface area contributed by atoms with Crippen LogP contribution in [0.3, 0.4) is 0 Å². The summed E-state index contributed by atoms with van der Waals surface area (Å²) in [6.45, 7) is 14.1. The van der Waals surface area contributed by atoms with Crippen LogP contribution in [0.2, 0.25) is 0 Å². The Bertz CT molecular complexity index is 6390. The number of rotatable bonds is 12. The number of aromatic hydroxyl groups is 15. The lowest BCUT2D eigenvalue weighted by Crippen LogP contribution is -2.00. The number of phenolic OH excluding ortho intramolecular Hbond substituents is 15. The molecule has 0 bridgehead atoms. The van der Waals surface area contributed by atoms with E-state index >= 15 is 0 Å². The fourth-order valence-corrected chi connectivity index (χ4v) is 10.1. The SMILES string of the molecule is CC(=O)Oc1ccc(O)cc1.CC(=O)Oc1cccc(O)c1.CC(=O)Oc1ccccc1O.CC(=O)c1ccc(O)cc1.CC(=O)c1cccc(O)c1.CC(=O)c1ccccc1O.COC(=O)c1ccc(O)cc1.COC(=O)c1cccc(O)c1.COC(=O)c1ccccc1O.COc1ccc(O)cc1.COc1cccc(O)c1.COc1ccccc1O.Cc1ccc(O)cc1.Cc1cccc(O)c1.Cc1ccccc1O. The lowest BCUT2D eigenvalue weighted by atomic mass is 10.1. The number of methoxy groups -OCH3 is 6. The molecule has 15 N–H and O–H groups in total. The summed E-state index contributed by atoms with van der Waals surface area (Å²) in [5.41, 5.74) is 5.70. The van der Waals surface area contributed by atoms with Crippen LogP contribution in [0.25, 0.3) is 0 Å². The minimum atomic E-state index is -0.525. The molecule has 147 heavy (non-hydrogen) atoms. The molecule has 0 aliphatic carbocycles. The summed E-state index contributed by atoms with van der Waals surface area (Å²) in [6, 6.07) is 97.0. The molecule has 33 nitrogen and oxygen atoms in total. The Morgan fingerprint density at radius 2 is 0.517 bits per heavy atom. The number of phenols is 15. The zero-order valence-corrected chi connectivity index (χ0v) is 83.2. The van der Waals surface area contributed by atoms with Gasteiger partial charge in [-0.15, -0.1) is 0 Å². The minimum Gasteiger partial charge on any atom is -0.508 e. The highest BCUT2D eigenvalue weighted by Gasteiger charge is 2.11. The van der Waals surface area contributed by atoms with Crippen molar-refractivity contribution >= 4 is 53.2 Å². The monoisotopic (exact) mass is 2020 g/mol. The minimum absolute atomic E-state index is 0.0139. The van der Waals surface area contributed by atoms with Crippen LogP contribution >= 0.6 is 0 Å². The number of carbonyl (C=O) groups is 9. The summed E-state index contributed by atoms with van der Waals surface area (Å²) in [6.07, 6.45) is 0. The zero-order valence-electron chi connectivity index (χ0n) is 83.2. The third kappa shape index (κ3) is 58.3. The molecule has 0 unspecified atom stereocenters. The van der Waals surface area contributed by atoms with Crippen LogP contribution in [0.5, 0.6) is 121 Å². The number of hydrogen-bond acceptors (Lipinski definition) is 33. The zero-order chi connectivity index (χ0) is 110. The van der Waals surface area contributed by atoms with E-state index in [4.69, 9.17) is 100 Å². The van der Waals surface area contributed by atoms with Gasteiger partial charge in [-0.2, -0.15) is 0 Å². The molecule has 33 heteroatoms. The van der Waals surface area contributed by atoms with Gasteiger partial charge in [-0.05, 0) is 283 Å². The predicted octanol–water partition coefficient (Wildman–Crippen LogP) is 21.6. The van der Waals surface area contributed by atoms with Crippen LogP contribution in [-0.2, 0) is 28.6 Å². The van der Waals surface area contributed by atoms with Crippen molar-refractivity contribution in [1.29, 1.82) is 0 Å². The lowest BCUT2D eigenvalue weighted by Gasteiger charge is -2.01. The van der Waals surface area contributed by atoms with Crippen LogP contribution in [0, 0.1) is 20.8 Å². The molecule has 0 radical (unpaired) electrons. The Morgan fingerprint density at radius 1 is 0.197 bits per heavy atom. The maximum Gasteiger partial charge on any atom is 0.341 e. The lowest BCUT2D eigenvalue weighted by molar-refractivity contribution is -0.132. The van der Waals surface area contributed by atoms with Gasteiger partial charge in [-0.1, -0.05) is 127 Å². The summed E-state index contributed by atoms with van der Waals surface area (Å²) in [7, 11) is 8.56. The summed E-state index contributed by atoms with van der Waals surface area (Å²) in [5, 5.41) is 134. The van der Waals surface area contributed by atoms with Crippen molar-refractivity contribution < 1.29 is 162 Å². The van der Waals surface area contributed by atoms with Gasteiger partial charge in [0.15, 0.2) is 40.3 Å². The molecule has 0 fully saturated rings. The number of esters is 6. The van der Waals surface area contributed by atoms with E-state index in [2.05, 4.69) is 18.9 Å². The molecular formula is C114H120O33. The molecule has 0 aliphatic rings. The third-order valence-electron chi connectivity index (χ3n) is 17.3. The van der Waals surface area contributed by atoms with Gasteiger partial charge in [0.25, 0.3) is 0 Å². The van der Waals surface area contributed by atoms with Gasteiger partial charge in [0.1, 0.15) is 103 Å². The van der Waals surface area contributed by atoms with Gasteiger partial charge in [-0.3, -0.25) is 28.8 Å². The molecule has 15 aromatic carbocycles. The molecule has 0 saturated heterocycles. The van der Waals surface area contributed by atoms with E-state index in [1.54, 1.807) is 208 Å². The number of ketones is 3. The topological polar surface area (TPSA) is 540 Å². The standard InChI is InChI=1S/6C8H8O3.3C8H8O2.3C7H8O2.3C7H8O/c1-11-8(10)6-2-4-7(9)5-3-6;1-6(9)11-8-4-2-7(10)3-5-8;1-11-8(10)6-3-2-4-7(9)5-6;1-6(9)11-8-4-2-3-7(10)5-8;1-11-8(10)6-4-2-3-5-7(6)9;1-6(9)11-8-5-3-2-4-7(8)10;1-6(9)7-2-4-8(10)5-3-7;1-6(9)7-3-2-4-8(10)5-7;1-6(9)7-4-2-3-5-8(7)10;1-9-7-4-2-6(8)3-5-7;1-9-7-4-2-3-6(8)5-7;1-9-7-5-3-2-4-6(7)8;1-6-2-4-7(8)5-3-6;1-6-3-2-4-7(8)5-6;1-6-4-2-3-5-7(6)8/h2-5,9H,1H3;2-5,10H,1H3;2-5,9H,1H3;2-5,10H,1H3;2-5,9H,1H3;2-5,10H,1H3;3*2-5,10H,1H3;3*2-5,8H,1H3;3*2-5,8H,1H3. The summed E-state index contributed by atoms with van der Waals surface area (Å²) < 4.78 is 41.9. The first-order chi connectivity index (χ1) is 69.8. The number of aryl methyl sites for hydroxylation is 3. The number of para-hydroxylation sites is 7. The molecule has 0 atom stereocenters. The van der Waals surface area contributed by atoms with Crippen molar-refractivity contribution in [3.05, 3.63) is 414 Å². The summed E-state index contributed by atoms with van der Waals surface area (Å²) in [5.74, 6) is 2.68. The van der Waals surface area contributed by atoms with Gasteiger partial charge in [0, 0.05) is 44.0 Å². The maximum atomic E-state index is 10.9. The van der Waals surface area contributed by atoms with Crippen molar-refractivity contribution in [1.82, 2.24) is 0 Å². The van der Waals surface area contributed by atoms with Gasteiger partial charge in [-0.25, -0.2) is 14.4 Å². The first kappa shape index (κ1) is 126. The third-order valence-corrected chi connectivity index (χ3v) is 17.3. The second kappa shape index (κ2) is 71.9. The second-order valence-corrected chi connectivity index (χ2v) is 29.1. The van der Waals surface area contributed by atoms with E-state index in [1.807, 2.05) is 63.2 Å². The summed E-state index contributed by atoms with van der Waals surface area (Å²) >= 11 is 0. The van der Waals surface area contributed by atoms with Crippen molar-refractivity contribution in [2.24, 2.45) is 0 Å². The highest BCUT2D eigenvalue weighted by Crippen LogP contribution is 2.27. The number of carbonyl (C=O) groups excluding carboxylic acids is 9. The maximum absolute atomic E-state index is 10.9. The fourth-order valence-electron chi connectivity index (χ4n) is 10.1. The fraction of sp³-hybridized carbons (Fsp3) is 0.132. The average molecular weight is 2020 g/mol. The molecule has 15 rings (SSSR count). The molecular weight excluding hydrogens is 1900 g/mol. The predicted molar refractivity (Wildman–Crippen MR) is 553 cm³/mol. The van der Waals surface area contributed by atoms with Crippen LogP contribution < -0.4 is 28.4 Å². The first-order valence-corrected chi connectivity index (χ1v) is 43.4. The van der Waals surface area contributed by atoms with E-state index in [9.17, 15) is 43.2 Å². The summed E-state index contributed by atoms with van der Waals surface area (Å²) in [4.78, 5) is 95.8. The molecule has 0 spiro atoms. The molecule has 0 heterocycles. The van der Waals surface area contributed by atoms with Crippen LogP contribution in [0.1, 0.15) is 120 Å². The number of hydrogen-bond donors (Lipinski definition) is 15. The second-order valence-electron chi connectivity index (χ2n) is 29.1. The quantitative estimate of drug-likeness (QED) is 0.0234. The molecule has 0 aliphatic heterocycles. The highest BCUT2D eigenvalue weighted by atomic mass is 16.6. The van der Waals surface area contributed by atoms with E-state index in [1.165, 1.54) is 203 Å². The Labute approximate surface area is 850 Å². The van der Waals surface area contributed by atoms with Crippen molar-refractivity contribution in [3.63, 3.8) is 0 Å². The Balaban J connectivity index is 0.000000788. The van der Waals surface area contributed by atoms with Gasteiger partial charge in [0.2, 0.25) is 0 Å². The molecule has 0 aromatic heterocycles. The van der Waals surface area contributed by atoms with Gasteiger partial charge in [0.05, 0.1) is 59.3 Å². The Hall–Kier alpha value is -19.5. The number of benzene rings is 15. The Morgan fingerprint density at radius 3 is 0.837 bits per heavy atom. The van der Waals surface area contributed by atoms with Crippen LogP contribution in [0.4, 0.5) is 0 Å². The number of Topliss-reactive ketones (excluding diaryl/α,β-unsaturated/α-hetero) is 3. The van der Waals surface area contributed by atoms with Crippen molar-refractivity contribution in [2.75, 3.05) is 42.7 Å². The van der Waals surface area contributed by atoms with Crippen molar-refractivity contribution in [2.45, 2.75) is 62.3 Å².